The van der Waals surface area contributed by atoms with Gasteiger partial charge in [0.1, 0.15) is 11.6 Å². The number of hydrogen-bond donors (Lipinski definition) is 1. The number of aromatic amines is 1. The minimum atomic E-state index is -0.310. The first-order valence-corrected chi connectivity index (χ1v) is 10.9. The number of nitrogens with zero attached hydrogens (tertiary/aromatic N) is 1. The molecule has 0 radical (unpaired) electrons. The van der Waals surface area contributed by atoms with Crippen LogP contribution in [-0.4, -0.2) is 21.6 Å². The van der Waals surface area contributed by atoms with Crippen molar-refractivity contribution in [3.8, 4) is 5.75 Å². The summed E-state index contributed by atoms with van der Waals surface area (Å²) in [5.41, 5.74) is 5.72. The van der Waals surface area contributed by atoms with Gasteiger partial charge in [0.2, 0.25) is 0 Å². The molecule has 0 aliphatic carbocycles. The predicted octanol–water partition coefficient (Wildman–Crippen LogP) is 6.58. The molecule has 0 fully saturated rings. The van der Waals surface area contributed by atoms with Crippen molar-refractivity contribution in [1.29, 1.82) is 0 Å². The number of hydrogen-bond acceptors (Lipinski definition) is 2. The van der Waals surface area contributed by atoms with Gasteiger partial charge in [0.05, 0.1) is 6.04 Å². The van der Waals surface area contributed by atoms with E-state index in [1.807, 2.05) is 18.2 Å². The normalized spacial score (nSPS) is 15.7. The Morgan fingerprint density at radius 2 is 1.84 bits per heavy atom. The molecule has 1 aromatic heterocycles. The van der Waals surface area contributed by atoms with Crippen LogP contribution in [0.2, 0.25) is 5.02 Å². The number of thiocarbonyl (C=S) groups is 1. The van der Waals surface area contributed by atoms with Crippen LogP contribution in [0.25, 0.3) is 10.9 Å². The number of aryl methyl sites for hydroxylation is 1. The van der Waals surface area contributed by atoms with Crippen molar-refractivity contribution >= 4 is 39.9 Å². The number of nitrogens with one attached hydrogen (secondary N) is 1. The van der Waals surface area contributed by atoms with Gasteiger partial charge < -0.3 is 14.6 Å². The van der Waals surface area contributed by atoms with Crippen LogP contribution in [0.4, 0.5) is 4.39 Å². The molecule has 1 aliphatic rings. The van der Waals surface area contributed by atoms with Gasteiger partial charge in [0.25, 0.3) is 5.17 Å². The van der Waals surface area contributed by atoms with E-state index in [0.29, 0.717) is 17.5 Å². The lowest BCUT2D eigenvalue weighted by molar-refractivity contribution is 0.289. The second kappa shape index (κ2) is 7.98. The average Bonchev–Trinajstić information content (AvgIpc) is 3.13. The maximum atomic E-state index is 13.3. The number of aromatic nitrogens is 1. The van der Waals surface area contributed by atoms with E-state index >= 15 is 0 Å². The van der Waals surface area contributed by atoms with Gasteiger partial charge in [-0.05, 0) is 79.2 Å². The van der Waals surface area contributed by atoms with Gasteiger partial charge in [0, 0.05) is 28.2 Å². The topological polar surface area (TPSA) is 28.3 Å². The molecule has 2 heterocycles. The zero-order chi connectivity index (χ0) is 21.5. The molecule has 3 nitrogen and oxygen atoms in total. The first-order valence-electron chi connectivity index (χ1n) is 10.1. The summed E-state index contributed by atoms with van der Waals surface area (Å²) in [5, 5.41) is 2.22. The SMILES string of the molecule is Cc1ccc(C2c3[nH]c4ccc(Cl)cc4c3CCN2C(=S)Oc2ccc(F)cc2)cc1. The third-order valence-corrected chi connectivity index (χ3v) is 6.29. The molecule has 31 heavy (non-hydrogen) atoms. The van der Waals surface area contributed by atoms with E-state index in [2.05, 4.69) is 41.1 Å². The number of fused-ring (bicyclic) bond motifs is 3. The average molecular weight is 451 g/mol. The zero-order valence-electron chi connectivity index (χ0n) is 16.9. The largest absolute Gasteiger partial charge is 0.432 e. The fourth-order valence-electron chi connectivity index (χ4n) is 4.21. The Morgan fingerprint density at radius 1 is 1.10 bits per heavy atom. The highest BCUT2D eigenvalue weighted by molar-refractivity contribution is 7.80. The second-order valence-corrected chi connectivity index (χ2v) is 8.57. The number of benzene rings is 3. The summed E-state index contributed by atoms with van der Waals surface area (Å²) in [6, 6.07) is 20.2. The molecule has 3 aromatic carbocycles. The third kappa shape index (κ3) is 3.80. The monoisotopic (exact) mass is 450 g/mol. The molecule has 1 atom stereocenters. The smallest absolute Gasteiger partial charge is 0.265 e. The Morgan fingerprint density at radius 3 is 2.58 bits per heavy atom. The van der Waals surface area contributed by atoms with Crippen LogP contribution in [0.1, 0.15) is 28.4 Å². The van der Waals surface area contributed by atoms with E-state index in [9.17, 15) is 4.39 Å². The number of H-pyrrole nitrogens is 1. The van der Waals surface area contributed by atoms with Gasteiger partial charge in [-0.1, -0.05) is 41.4 Å². The van der Waals surface area contributed by atoms with Gasteiger partial charge in [-0.3, -0.25) is 0 Å². The second-order valence-electron chi connectivity index (χ2n) is 7.79. The van der Waals surface area contributed by atoms with E-state index in [0.717, 1.165) is 33.6 Å². The van der Waals surface area contributed by atoms with Crippen LogP contribution in [0.3, 0.4) is 0 Å². The first-order chi connectivity index (χ1) is 15.0. The molecule has 6 heteroatoms. The highest BCUT2D eigenvalue weighted by atomic mass is 35.5. The molecule has 156 valence electrons. The summed E-state index contributed by atoms with van der Waals surface area (Å²) in [7, 11) is 0. The quantitative estimate of drug-likeness (QED) is 0.349. The lowest BCUT2D eigenvalue weighted by Gasteiger charge is -2.37. The van der Waals surface area contributed by atoms with Crippen LogP contribution in [-0.2, 0) is 6.42 Å². The molecule has 1 unspecified atom stereocenters. The van der Waals surface area contributed by atoms with Gasteiger partial charge in [-0.25, -0.2) is 4.39 Å². The highest BCUT2D eigenvalue weighted by Gasteiger charge is 2.34. The van der Waals surface area contributed by atoms with Crippen molar-refractivity contribution in [2.24, 2.45) is 0 Å². The van der Waals surface area contributed by atoms with E-state index < -0.39 is 0 Å². The molecule has 1 N–H and O–H groups in total. The Kier molecular flexibility index (Phi) is 5.16. The fraction of sp³-hybridized carbons (Fsp3) is 0.160. The van der Waals surface area contributed by atoms with Crippen LogP contribution in [0, 0.1) is 12.7 Å². The first kappa shape index (κ1) is 20.0. The van der Waals surface area contributed by atoms with Crippen molar-refractivity contribution < 1.29 is 9.13 Å². The molecule has 4 aromatic rings. The lowest BCUT2D eigenvalue weighted by atomic mass is 9.92. The van der Waals surface area contributed by atoms with Crippen LogP contribution in [0.15, 0.2) is 66.7 Å². The van der Waals surface area contributed by atoms with Gasteiger partial charge in [-0.15, -0.1) is 0 Å². The molecule has 5 rings (SSSR count). The van der Waals surface area contributed by atoms with Gasteiger partial charge in [-0.2, -0.15) is 0 Å². The maximum absolute atomic E-state index is 13.3. The third-order valence-electron chi connectivity index (χ3n) is 5.74. The van der Waals surface area contributed by atoms with Crippen molar-refractivity contribution in [3.63, 3.8) is 0 Å². The number of rotatable bonds is 2. The molecule has 0 spiro atoms. The van der Waals surface area contributed by atoms with Crippen molar-refractivity contribution in [1.82, 2.24) is 9.88 Å². The van der Waals surface area contributed by atoms with Gasteiger partial charge in [0.15, 0.2) is 0 Å². The van der Waals surface area contributed by atoms with Crippen LogP contribution in [0.5, 0.6) is 5.75 Å². The predicted molar refractivity (Wildman–Crippen MR) is 126 cm³/mol. The lowest BCUT2D eigenvalue weighted by Crippen LogP contribution is -2.42. The van der Waals surface area contributed by atoms with Crippen molar-refractivity contribution in [2.45, 2.75) is 19.4 Å². The Labute approximate surface area is 190 Å². The van der Waals surface area contributed by atoms with E-state index in [4.69, 9.17) is 28.6 Å². The maximum Gasteiger partial charge on any atom is 0.265 e. The minimum Gasteiger partial charge on any atom is -0.432 e. The Bertz CT molecular complexity index is 1270. The Hall–Kier alpha value is -2.89. The number of halogens is 2. The number of ether oxygens (including phenoxy) is 1. The summed E-state index contributed by atoms with van der Waals surface area (Å²) in [6.45, 7) is 2.77. The summed E-state index contributed by atoms with van der Waals surface area (Å²) < 4.78 is 19.2. The van der Waals surface area contributed by atoms with E-state index in [1.54, 1.807) is 12.1 Å². The van der Waals surface area contributed by atoms with E-state index in [-0.39, 0.29) is 11.9 Å². The highest BCUT2D eigenvalue weighted by Crippen LogP contribution is 2.39. The molecule has 0 bridgehead atoms. The molecule has 0 amide bonds. The Balaban J connectivity index is 1.58. The fourth-order valence-corrected chi connectivity index (χ4v) is 4.68. The molecular formula is C25H20ClFN2OS. The molecule has 0 saturated heterocycles. The van der Waals surface area contributed by atoms with E-state index in [1.165, 1.54) is 23.3 Å². The summed E-state index contributed by atoms with van der Waals surface area (Å²) in [6.07, 6.45) is 0.810. The standard InChI is InChI=1S/C25H20ClFN2OS/c1-15-2-4-16(5-3-15)24-23-20(21-14-17(26)6-11-22(21)28-23)12-13-29(24)25(31)30-19-9-7-18(27)8-10-19/h2-11,14,24,28H,12-13H2,1H3. The summed E-state index contributed by atoms with van der Waals surface area (Å²) in [5.74, 6) is 0.207. The molecule has 0 saturated carbocycles. The summed E-state index contributed by atoms with van der Waals surface area (Å²) >= 11 is 12.0. The van der Waals surface area contributed by atoms with Crippen LogP contribution < -0.4 is 4.74 Å². The molecular weight excluding hydrogens is 431 g/mol. The van der Waals surface area contributed by atoms with Crippen molar-refractivity contribution in [2.75, 3.05) is 6.54 Å². The minimum absolute atomic E-state index is 0.122. The van der Waals surface area contributed by atoms with Crippen LogP contribution >= 0.6 is 23.8 Å². The zero-order valence-corrected chi connectivity index (χ0v) is 18.4. The van der Waals surface area contributed by atoms with Crippen molar-refractivity contribution in [3.05, 3.63) is 100.0 Å². The molecule has 1 aliphatic heterocycles. The summed E-state index contributed by atoms with van der Waals surface area (Å²) in [4.78, 5) is 5.68. The van der Waals surface area contributed by atoms with Gasteiger partial charge >= 0.3 is 0 Å².